The zero-order valence-electron chi connectivity index (χ0n) is 18.5. The van der Waals surface area contributed by atoms with Crippen molar-refractivity contribution in [3.8, 4) is 0 Å². The fourth-order valence-electron chi connectivity index (χ4n) is 3.10. The van der Waals surface area contributed by atoms with Gasteiger partial charge in [-0.2, -0.15) is 0 Å². The van der Waals surface area contributed by atoms with Gasteiger partial charge in [0, 0.05) is 12.5 Å². The molecule has 0 rings (SSSR count). The zero-order chi connectivity index (χ0) is 20.1. The van der Waals surface area contributed by atoms with E-state index in [1.807, 2.05) is 20.0 Å². The van der Waals surface area contributed by atoms with Crippen molar-refractivity contribution >= 4 is 25.4 Å². The minimum absolute atomic E-state index is 0.0434. The standard InChI is InChI=1S/C22H46O2SSi/c1-7-8-9-10-11-12-13-14-15-16-17-24-19-21(20(2)25)18-22(3,4)26(5,6)23/h21,23H,7-19H2,1-6H3. The highest BCUT2D eigenvalue weighted by molar-refractivity contribution is 7.80. The monoisotopic (exact) mass is 402 g/mol. The molecule has 2 nitrogen and oxygen atoms in total. The summed E-state index contributed by atoms with van der Waals surface area (Å²) in [6.07, 6.45) is 14.4. The van der Waals surface area contributed by atoms with Crippen LogP contribution in [0.3, 0.4) is 0 Å². The molecular formula is C22H46O2SSi. The molecule has 4 heteroatoms. The summed E-state index contributed by atoms with van der Waals surface area (Å²) in [5, 5.41) is -0.0434. The summed E-state index contributed by atoms with van der Waals surface area (Å²) in [7, 11) is -2.19. The Kier molecular flexibility index (Phi) is 14.4. The van der Waals surface area contributed by atoms with E-state index in [2.05, 4.69) is 20.8 Å². The molecule has 0 saturated heterocycles. The smallest absolute Gasteiger partial charge is 0.188 e. The van der Waals surface area contributed by atoms with Gasteiger partial charge in [0.1, 0.15) is 0 Å². The molecule has 26 heavy (non-hydrogen) atoms. The average molecular weight is 403 g/mol. The predicted molar refractivity (Wildman–Crippen MR) is 123 cm³/mol. The van der Waals surface area contributed by atoms with Crippen LogP contribution in [0.15, 0.2) is 0 Å². The van der Waals surface area contributed by atoms with Crippen molar-refractivity contribution in [2.45, 2.75) is 116 Å². The quantitative estimate of drug-likeness (QED) is 0.157. The molecule has 0 bridgehead atoms. The molecule has 0 heterocycles. The Bertz CT molecular complexity index is 364. The van der Waals surface area contributed by atoms with Crippen LogP contribution in [0, 0.1) is 5.92 Å². The first-order chi connectivity index (χ1) is 12.1. The van der Waals surface area contributed by atoms with Gasteiger partial charge in [0.2, 0.25) is 0 Å². The summed E-state index contributed by atoms with van der Waals surface area (Å²) >= 11 is 5.45. The average Bonchev–Trinajstić information content (AvgIpc) is 2.53. The van der Waals surface area contributed by atoms with E-state index in [9.17, 15) is 4.80 Å². The molecule has 0 aliphatic carbocycles. The van der Waals surface area contributed by atoms with E-state index < -0.39 is 8.32 Å². The highest BCUT2D eigenvalue weighted by Crippen LogP contribution is 2.41. The molecule has 0 aromatic carbocycles. The number of rotatable bonds is 17. The second-order valence-electron chi connectivity index (χ2n) is 9.21. The molecule has 156 valence electrons. The summed E-state index contributed by atoms with van der Waals surface area (Å²) in [5.41, 5.74) is 0. The van der Waals surface area contributed by atoms with Crippen molar-refractivity contribution in [2.75, 3.05) is 13.2 Å². The number of ether oxygens (including phenoxy) is 1. The van der Waals surface area contributed by atoms with Crippen LogP contribution in [0.1, 0.15) is 98.3 Å². The third kappa shape index (κ3) is 12.6. The van der Waals surface area contributed by atoms with Crippen LogP contribution in [0.25, 0.3) is 0 Å². The van der Waals surface area contributed by atoms with Gasteiger partial charge < -0.3 is 9.53 Å². The van der Waals surface area contributed by atoms with Crippen LogP contribution in [-0.4, -0.2) is 31.2 Å². The summed E-state index contributed by atoms with van der Waals surface area (Å²) in [5.74, 6) is 0.280. The first-order valence-corrected chi connectivity index (χ1v) is 14.3. The van der Waals surface area contributed by atoms with E-state index in [-0.39, 0.29) is 11.0 Å². The Morgan fingerprint density at radius 1 is 0.962 bits per heavy atom. The minimum atomic E-state index is -2.19. The van der Waals surface area contributed by atoms with Crippen LogP contribution < -0.4 is 0 Å². The third-order valence-corrected chi connectivity index (χ3v) is 9.80. The lowest BCUT2D eigenvalue weighted by Crippen LogP contribution is -2.41. The maximum atomic E-state index is 10.5. The molecular weight excluding hydrogens is 356 g/mol. The maximum absolute atomic E-state index is 10.5. The molecule has 0 spiro atoms. The number of hydrogen-bond acceptors (Lipinski definition) is 3. The molecule has 0 radical (unpaired) electrons. The lowest BCUT2D eigenvalue weighted by Gasteiger charge is -2.37. The van der Waals surface area contributed by atoms with Crippen molar-refractivity contribution in [3.63, 3.8) is 0 Å². The van der Waals surface area contributed by atoms with Gasteiger partial charge in [0.25, 0.3) is 0 Å². The van der Waals surface area contributed by atoms with E-state index in [4.69, 9.17) is 17.0 Å². The molecule has 0 aromatic heterocycles. The fourth-order valence-corrected chi connectivity index (χ4v) is 4.00. The van der Waals surface area contributed by atoms with E-state index in [0.29, 0.717) is 6.61 Å². The van der Waals surface area contributed by atoms with Gasteiger partial charge in [-0.05, 0) is 42.8 Å². The Hall–Kier alpha value is 0.227. The molecule has 0 saturated carbocycles. The minimum Gasteiger partial charge on any atom is -0.432 e. The zero-order valence-corrected chi connectivity index (χ0v) is 20.3. The van der Waals surface area contributed by atoms with Crippen molar-refractivity contribution in [1.82, 2.24) is 0 Å². The lowest BCUT2D eigenvalue weighted by molar-refractivity contribution is 0.108. The van der Waals surface area contributed by atoms with Crippen LogP contribution in [0.4, 0.5) is 0 Å². The van der Waals surface area contributed by atoms with Gasteiger partial charge in [-0.15, -0.1) is 0 Å². The van der Waals surface area contributed by atoms with Gasteiger partial charge in [-0.25, -0.2) is 0 Å². The normalized spacial score (nSPS) is 13.8. The fraction of sp³-hybridized carbons (Fsp3) is 0.955. The van der Waals surface area contributed by atoms with Gasteiger partial charge in [-0.3, -0.25) is 0 Å². The molecule has 1 N–H and O–H groups in total. The van der Waals surface area contributed by atoms with Crippen LogP contribution in [0.2, 0.25) is 18.1 Å². The van der Waals surface area contributed by atoms with Gasteiger partial charge >= 0.3 is 0 Å². The summed E-state index contributed by atoms with van der Waals surface area (Å²) < 4.78 is 5.93. The van der Waals surface area contributed by atoms with E-state index >= 15 is 0 Å². The molecule has 0 amide bonds. The predicted octanol–water partition coefficient (Wildman–Crippen LogP) is 7.30. The Labute approximate surface area is 170 Å². The largest absolute Gasteiger partial charge is 0.432 e. The van der Waals surface area contributed by atoms with Crippen molar-refractivity contribution < 1.29 is 9.53 Å². The lowest BCUT2D eigenvalue weighted by atomic mass is 9.94. The number of hydrogen-bond donors (Lipinski definition) is 1. The Morgan fingerprint density at radius 2 is 1.42 bits per heavy atom. The molecule has 1 unspecified atom stereocenters. The van der Waals surface area contributed by atoms with Crippen LogP contribution in [-0.2, 0) is 4.74 Å². The second kappa shape index (κ2) is 14.3. The Morgan fingerprint density at radius 3 is 1.85 bits per heavy atom. The number of unbranched alkanes of at least 4 members (excludes halogenated alkanes) is 9. The van der Waals surface area contributed by atoms with E-state index in [1.165, 1.54) is 57.8 Å². The Balaban J connectivity index is 3.78. The van der Waals surface area contributed by atoms with Gasteiger partial charge in [-0.1, -0.05) is 90.8 Å². The summed E-state index contributed by atoms with van der Waals surface area (Å²) in [6, 6.07) is 0. The van der Waals surface area contributed by atoms with Crippen molar-refractivity contribution in [2.24, 2.45) is 5.92 Å². The SMILES string of the molecule is CCCCCCCCCCCCOCC(CC(C)(C)[Si](C)(C)O)C(C)=S. The summed E-state index contributed by atoms with van der Waals surface area (Å²) in [4.78, 5) is 11.5. The second-order valence-corrected chi connectivity index (χ2v) is 14.3. The highest BCUT2D eigenvalue weighted by Gasteiger charge is 2.39. The molecule has 1 atom stereocenters. The molecule has 0 aliphatic heterocycles. The maximum Gasteiger partial charge on any atom is 0.188 e. The third-order valence-electron chi connectivity index (χ3n) is 5.95. The topological polar surface area (TPSA) is 29.5 Å². The van der Waals surface area contributed by atoms with Crippen LogP contribution in [0.5, 0.6) is 0 Å². The van der Waals surface area contributed by atoms with Crippen LogP contribution >= 0.6 is 12.2 Å². The van der Waals surface area contributed by atoms with Crippen molar-refractivity contribution in [1.29, 1.82) is 0 Å². The summed E-state index contributed by atoms with van der Waals surface area (Å²) in [6.45, 7) is 14.2. The van der Waals surface area contributed by atoms with E-state index in [0.717, 1.165) is 24.3 Å². The van der Waals surface area contributed by atoms with Gasteiger partial charge in [0.05, 0.1) is 6.61 Å². The van der Waals surface area contributed by atoms with Gasteiger partial charge in [0.15, 0.2) is 8.32 Å². The molecule has 0 aliphatic rings. The number of thiocarbonyl (C=S) groups is 1. The van der Waals surface area contributed by atoms with Crippen molar-refractivity contribution in [3.05, 3.63) is 0 Å². The highest BCUT2D eigenvalue weighted by atomic mass is 32.1. The molecule has 0 aromatic rings. The first kappa shape index (κ1) is 26.2. The van der Waals surface area contributed by atoms with E-state index in [1.54, 1.807) is 0 Å². The first-order valence-electron chi connectivity index (χ1n) is 10.9. The molecule has 0 fully saturated rings.